The Bertz CT molecular complexity index is 503. The highest BCUT2D eigenvalue weighted by atomic mass is 15.0. The van der Waals surface area contributed by atoms with Crippen LogP contribution in [0.15, 0.2) is 24.4 Å². The van der Waals surface area contributed by atoms with E-state index in [9.17, 15) is 0 Å². The average molecular weight is 215 g/mol. The molecule has 0 saturated carbocycles. The zero-order valence-electron chi connectivity index (χ0n) is 10.9. The first-order valence-corrected chi connectivity index (χ1v) is 6.12. The lowest BCUT2D eigenvalue weighted by molar-refractivity contribution is 0.622. The monoisotopic (exact) mass is 215 g/mol. The van der Waals surface area contributed by atoms with Gasteiger partial charge in [-0.1, -0.05) is 26.0 Å². The van der Waals surface area contributed by atoms with Crippen LogP contribution in [0.3, 0.4) is 0 Å². The van der Waals surface area contributed by atoms with Crippen molar-refractivity contribution in [2.24, 2.45) is 0 Å². The number of aryl methyl sites for hydroxylation is 1. The number of rotatable bonds is 2. The third-order valence-electron chi connectivity index (χ3n) is 3.26. The fourth-order valence-electron chi connectivity index (χ4n) is 2.45. The molecule has 0 N–H and O–H groups in total. The molecule has 1 aromatic carbocycles. The summed E-state index contributed by atoms with van der Waals surface area (Å²) >= 11 is 0. The zero-order chi connectivity index (χ0) is 11.9. The lowest BCUT2D eigenvalue weighted by Crippen LogP contribution is -1.98. The summed E-state index contributed by atoms with van der Waals surface area (Å²) in [6.45, 7) is 11.2. The van der Waals surface area contributed by atoms with Crippen LogP contribution in [0.25, 0.3) is 10.9 Å². The number of hydrogen-bond acceptors (Lipinski definition) is 0. The Morgan fingerprint density at radius 3 is 2.31 bits per heavy atom. The van der Waals surface area contributed by atoms with Crippen molar-refractivity contribution in [1.29, 1.82) is 0 Å². The minimum atomic E-state index is 0.526. The van der Waals surface area contributed by atoms with E-state index in [4.69, 9.17) is 0 Å². The summed E-state index contributed by atoms with van der Waals surface area (Å²) in [4.78, 5) is 0. The Kier molecular flexibility index (Phi) is 2.79. The summed E-state index contributed by atoms with van der Waals surface area (Å²) in [5.74, 6) is 0.588. The molecule has 0 radical (unpaired) electrons. The molecule has 0 atom stereocenters. The van der Waals surface area contributed by atoms with Crippen LogP contribution >= 0.6 is 0 Å². The Morgan fingerprint density at radius 2 is 1.75 bits per heavy atom. The molecule has 0 aliphatic carbocycles. The van der Waals surface area contributed by atoms with Gasteiger partial charge in [-0.15, -0.1) is 0 Å². The van der Waals surface area contributed by atoms with Crippen LogP contribution in [0.4, 0.5) is 0 Å². The summed E-state index contributed by atoms with van der Waals surface area (Å²) < 4.78 is 2.37. The SMILES string of the molecule is Cc1cn(C(C)C)c2cccc(C(C)C)c12. The largest absolute Gasteiger partial charge is 0.345 e. The summed E-state index contributed by atoms with van der Waals surface area (Å²) in [6, 6.07) is 7.19. The molecule has 1 aromatic heterocycles. The molecular weight excluding hydrogens is 194 g/mol. The summed E-state index contributed by atoms with van der Waals surface area (Å²) in [5.41, 5.74) is 4.24. The van der Waals surface area contributed by atoms with Crippen LogP contribution < -0.4 is 0 Å². The first kappa shape index (κ1) is 11.3. The summed E-state index contributed by atoms with van der Waals surface area (Å²) in [7, 11) is 0. The Morgan fingerprint density at radius 1 is 1.06 bits per heavy atom. The van der Waals surface area contributed by atoms with Crippen LogP contribution in [0, 0.1) is 6.92 Å². The van der Waals surface area contributed by atoms with E-state index in [1.807, 2.05) is 0 Å². The molecule has 1 heteroatoms. The topological polar surface area (TPSA) is 4.93 Å². The summed E-state index contributed by atoms with van der Waals surface area (Å²) in [5, 5.41) is 1.45. The van der Waals surface area contributed by atoms with Crippen LogP contribution in [-0.4, -0.2) is 4.57 Å². The second kappa shape index (κ2) is 3.97. The van der Waals surface area contributed by atoms with E-state index >= 15 is 0 Å². The number of fused-ring (bicyclic) bond motifs is 1. The standard InChI is InChI=1S/C15H21N/c1-10(2)13-7-6-8-14-15(13)12(5)9-16(14)11(3)4/h6-11H,1-5H3. The Labute approximate surface area is 98.1 Å². The minimum Gasteiger partial charge on any atom is -0.345 e. The molecule has 0 spiro atoms. The Hall–Kier alpha value is -1.24. The molecule has 86 valence electrons. The second-order valence-electron chi connectivity index (χ2n) is 5.21. The maximum atomic E-state index is 2.37. The van der Waals surface area contributed by atoms with Crippen molar-refractivity contribution < 1.29 is 0 Å². The van der Waals surface area contributed by atoms with Gasteiger partial charge in [-0.25, -0.2) is 0 Å². The zero-order valence-corrected chi connectivity index (χ0v) is 10.9. The van der Waals surface area contributed by atoms with Crippen molar-refractivity contribution >= 4 is 10.9 Å². The van der Waals surface area contributed by atoms with Gasteiger partial charge in [0.15, 0.2) is 0 Å². The lowest BCUT2D eigenvalue weighted by atomic mass is 9.97. The third-order valence-corrected chi connectivity index (χ3v) is 3.26. The van der Waals surface area contributed by atoms with Crippen molar-refractivity contribution in [1.82, 2.24) is 4.57 Å². The first-order valence-electron chi connectivity index (χ1n) is 6.12. The molecule has 0 aliphatic heterocycles. The summed E-state index contributed by atoms with van der Waals surface area (Å²) in [6.07, 6.45) is 2.28. The smallest absolute Gasteiger partial charge is 0.0488 e. The van der Waals surface area contributed by atoms with Gasteiger partial charge in [0.1, 0.15) is 0 Å². The lowest BCUT2D eigenvalue weighted by Gasteiger charge is -2.11. The molecule has 2 rings (SSSR count). The maximum Gasteiger partial charge on any atom is 0.0488 e. The fraction of sp³-hybridized carbons (Fsp3) is 0.467. The van der Waals surface area contributed by atoms with Crippen molar-refractivity contribution in [3.05, 3.63) is 35.5 Å². The van der Waals surface area contributed by atoms with E-state index in [1.54, 1.807) is 0 Å². The molecule has 0 unspecified atom stereocenters. The van der Waals surface area contributed by atoms with Crippen LogP contribution in [0.5, 0.6) is 0 Å². The fourth-order valence-corrected chi connectivity index (χ4v) is 2.45. The van der Waals surface area contributed by atoms with Gasteiger partial charge in [-0.3, -0.25) is 0 Å². The van der Waals surface area contributed by atoms with Crippen molar-refractivity contribution in [3.63, 3.8) is 0 Å². The molecular formula is C15H21N. The van der Waals surface area contributed by atoms with E-state index in [-0.39, 0.29) is 0 Å². The number of benzene rings is 1. The molecule has 1 heterocycles. The maximum absolute atomic E-state index is 2.37. The predicted molar refractivity (Wildman–Crippen MR) is 71.1 cm³/mol. The molecule has 0 fully saturated rings. The molecule has 2 aromatic rings. The van der Waals surface area contributed by atoms with Crippen molar-refractivity contribution in [3.8, 4) is 0 Å². The normalized spacial score (nSPS) is 11.9. The second-order valence-corrected chi connectivity index (χ2v) is 5.21. The molecule has 0 amide bonds. The quantitative estimate of drug-likeness (QED) is 0.687. The molecule has 16 heavy (non-hydrogen) atoms. The van der Waals surface area contributed by atoms with Gasteiger partial charge in [0.2, 0.25) is 0 Å². The van der Waals surface area contributed by atoms with E-state index in [1.165, 1.54) is 22.0 Å². The van der Waals surface area contributed by atoms with Crippen molar-refractivity contribution in [2.75, 3.05) is 0 Å². The van der Waals surface area contributed by atoms with Crippen LogP contribution in [-0.2, 0) is 0 Å². The van der Waals surface area contributed by atoms with Gasteiger partial charge in [-0.05, 0) is 43.9 Å². The van der Waals surface area contributed by atoms with E-state index in [2.05, 4.69) is 63.6 Å². The van der Waals surface area contributed by atoms with Gasteiger partial charge in [0, 0.05) is 23.1 Å². The van der Waals surface area contributed by atoms with Crippen LogP contribution in [0.1, 0.15) is 50.8 Å². The highest BCUT2D eigenvalue weighted by molar-refractivity contribution is 5.87. The van der Waals surface area contributed by atoms with Gasteiger partial charge in [-0.2, -0.15) is 0 Å². The predicted octanol–water partition coefficient (Wildman–Crippen LogP) is 4.65. The molecule has 1 nitrogen and oxygen atoms in total. The molecule has 0 saturated heterocycles. The highest BCUT2D eigenvalue weighted by Crippen LogP contribution is 2.31. The number of hydrogen-bond donors (Lipinski definition) is 0. The molecule has 0 bridgehead atoms. The van der Waals surface area contributed by atoms with Crippen LogP contribution in [0.2, 0.25) is 0 Å². The molecule has 0 aliphatic rings. The number of aromatic nitrogens is 1. The van der Waals surface area contributed by atoms with Gasteiger partial charge >= 0.3 is 0 Å². The minimum absolute atomic E-state index is 0.526. The highest BCUT2D eigenvalue weighted by Gasteiger charge is 2.12. The van der Waals surface area contributed by atoms with E-state index < -0.39 is 0 Å². The van der Waals surface area contributed by atoms with E-state index in [0.29, 0.717) is 12.0 Å². The van der Waals surface area contributed by atoms with Gasteiger partial charge in [0.25, 0.3) is 0 Å². The van der Waals surface area contributed by atoms with E-state index in [0.717, 1.165) is 0 Å². The Balaban J connectivity index is 2.79. The number of nitrogens with zero attached hydrogens (tertiary/aromatic N) is 1. The van der Waals surface area contributed by atoms with Crippen molar-refractivity contribution in [2.45, 2.75) is 46.6 Å². The average Bonchev–Trinajstić information content (AvgIpc) is 2.56. The third kappa shape index (κ3) is 1.64. The van der Waals surface area contributed by atoms with Gasteiger partial charge in [0.05, 0.1) is 0 Å². The first-order chi connectivity index (χ1) is 7.52. The van der Waals surface area contributed by atoms with Gasteiger partial charge < -0.3 is 4.57 Å².